The molecule has 2 aromatic carbocycles. The van der Waals surface area contributed by atoms with Crippen molar-refractivity contribution in [3.8, 4) is 5.75 Å². The second kappa shape index (κ2) is 6.92. The molecule has 1 aliphatic heterocycles. The van der Waals surface area contributed by atoms with Crippen LogP contribution in [0.1, 0.15) is 12.5 Å². The summed E-state index contributed by atoms with van der Waals surface area (Å²) in [7, 11) is 0. The molecule has 0 saturated carbocycles. The Labute approximate surface area is 141 Å². The second-order valence-corrected chi connectivity index (χ2v) is 6.03. The lowest BCUT2D eigenvalue weighted by Crippen LogP contribution is -2.44. The summed E-state index contributed by atoms with van der Waals surface area (Å²) >= 11 is 5.90. The van der Waals surface area contributed by atoms with Crippen molar-refractivity contribution < 1.29 is 9.53 Å². The molecule has 0 radical (unpaired) electrons. The van der Waals surface area contributed by atoms with Gasteiger partial charge in [0, 0.05) is 16.8 Å². The van der Waals surface area contributed by atoms with E-state index in [4.69, 9.17) is 16.3 Å². The molecule has 4 nitrogen and oxygen atoms in total. The number of carbonyl (C=O) groups is 1. The second-order valence-electron chi connectivity index (χ2n) is 5.59. The highest BCUT2D eigenvalue weighted by molar-refractivity contribution is 6.30. The first-order valence-corrected chi connectivity index (χ1v) is 8.06. The van der Waals surface area contributed by atoms with Gasteiger partial charge >= 0.3 is 6.03 Å². The SMILES string of the molecule is CC1Cc2ccccc2N1C(=O)NCCOc1cccc(Cl)c1. The number of benzene rings is 2. The highest BCUT2D eigenvalue weighted by atomic mass is 35.5. The summed E-state index contributed by atoms with van der Waals surface area (Å²) in [6.45, 7) is 2.90. The van der Waals surface area contributed by atoms with E-state index in [0.717, 1.165) is 12.1 Å². The fourth-order valence-electron chi connectivity index (χ4n) is 2.84. The maximum Gasteiger partial charge on any atom is 0.322 e. The Morgan fingerprint density at radius 3 is 2.96 bits per heavy atom. The number of anilines is 1. The lowest BCUT2D eigenvalue weighted by molar-refractivity contribution is 0.240. The zero-order chi connectivity index (χ0) is 16.2. The maximum absolute atomic E-state index is 12.4. The number of fused-ring (bicyclic) bond motifs is 1. The summed E-state index contributed by atoms with van der Waals surface area (Å²) in [5.41, 5.74) is 2.21. The molecule has 1 aliphatic rings. The van der Waals surface area contributed by atoms with Crippen molar-refractivity contribution in [3.05, 3.63) is 59.1 Å². The minimum Gasteiger partial charge on any atom is -0.492 e. The van der Waals surface area contributed by atoms with Gasteiger partial charge in [0.15, 0.2) is 0 Å². The topological polar surface area (TPSA) is 41.6 Å². The standard InChI is InChI=1S/C18H19ClN2O2/c1-13-11-14-5-2-3-8-17(14)21(13)18(22)20-9-10-23-16-7-4-6-15(19)12-16/h2-8,12-13H,9-11H2,1H3,(H,20,22). The van der Waals surface area contributed by atoms with Crippen LogP contribution in [0.15, 0.2) is 48.5 Å². The van der Waals surface area contributed by atoms with E-state index in [2.05, 4.69) is 18.3 Å². The van der Waals surface area contributed by atoms with Crippen molar-refractivity contribution in [3.63, 3.8) is 0 Å². The van der Waals surface area contributed by atoms with Crippen LogP contribution in [0.5, 0.6) is 5.75 Å². The van der Waals surface area contributed by atoms with Crippen molar-refractivity contribution in [2.45, 2.75) is 19.4 Å². The summed E-state index contributed by atoms with van der Waals surface area (Å²) in [5, 5.41) is 3.54. The molecule has 1 heterocycles. The van der Waals surface area contributed by atoms with Gasteiger partial charge in [0.25, 0.3) is 0 Å². The monoisotopic (exact) mass is 330 g/mol. The molecule has 0 bridgehead atoms. The van der Waals surface area contributed by atoms with Gasteiger partial charge in [0.2, 0.25) is 0 Å². The summed E-state index contributed by atoms with van der Waals surface area (Å²) in [6.07, 6.45) is 0.891. The Balaban J connectivity index is 1.52. The average Bonchev–Trinajstić information content (AvgIpc) is 2.87. The molecule has 5 heteroatoms. The predicted molar refractivity (Wildman–Crippen MR) is 92.4 cm³/mol. The fourth-order valence-corrected chi connectivity index (χ4v) is 3.02. The van der Waals surface area contributed by atoms with Gasteiger partial charge in [-0.15, -0.1) is 0 Å². The van der Waals surface area contributed by atoms with E-state index in [1.165, 1.54) is 5.56 Å². The van der Waals surface area contributed by atoms with Gasteiger partial charge in [0.05, 0.1) is 6.54 Å². The predicted octanol–water partition coefficient (Wildman–Crippen LogP) is 3.88. The molecule has 1 unspecified atom stereocenters. The normalized spacial score (nSPS) is 16.1. The van der Waals surface area contributed by atoms with Crippen LogP contribution in [0.25, 0.3) is 0 Å². The quantitative estimate of drug-likeness (QED) is 0.864. The summed E-state index contributed by atoms with van der Waals surface area (Å²) in [6, 6.07) is 15.3. The third kappa shape index (κ3) is 3.59. The first kappa shape index (κ1) is 15.7. The van der Waals surface area contributed by atoms with Crippen LogP contribution in [-0.4, -0.2) is 25.2 Å². The number of amides is 2. The molecule has 0 saturated heterocycles. The van der Waals surface area contributed by atoms with E-state index < -0.39 is 0 Å². The Kier molecular flexibility index (Phi) is 4.72. The number of hydrogen-bond donors (Lipinski definition) is 1. The number of para-hydroxylation sites is 1. The van der Waals surface area contributed by atoms with Crippen LogP contribution in [0, 0.1) is 0 Å². The Morgan fingerprint density at radius 2 is 2.13 bits per heavy atom. The van der Waals surface area contributed by atoms with Gasteiger partial charge < -0.3 is 10.1 Å². The molecular weight excluding hydrogens is 312 g/mol. The van der Waals surface area contributed by atoms with Crippen molar-refractivity contribution in [2.75, 3.05) is 18.1 Å². The van der Waals surface area contributed by atoms with E-state index in [9.17, 15) is 4.79 Å². The van der Waals surface area contributed by atoms with E-state index in [0.29, 0.717) is 23.9 Å². The summed E-state index contributed by atoms with van der Waals surface area (Å²) in [5.74, 6) is 0.701. The molecule has 2 amide bonds. The van der Waals surface area contributed by atoms with Crippen molar-refractivity contribution in [2.24, 2.45) is 0 Å². The van der Waals surface area contributed by atoms with E-state index in [1.54, 1.807) is 12.1 Å². The number of nitrogens with zero attached hydrogens (tertiary/aromatic N) is 1. The number of rotatable bonds is 4. The Hall–Kier alpha value is -2.20. The first-order chi connectivity index (χ1) is 11.1. The smallest absolute Gasteiger partial charge is 0.322 e. The summed E-state index contributed by atoms with van der Waals surface area (Å²) < 4.78 is 5.58. The van der Waals surface area contributed by atoms with E-state index in [-0.39, 0.29) is 12.1 Å². The minimum atomic E-state index is -0.0860. The molecule has 3 rings (SSSR count). The van der Waals surface area contributed by atoms with Crippen LogP contribution in [-0.2, 0) is 6.42 Å². The van der Waals surface area contributed by atoms with Gasteiger partial charge in [0.1, 0.15) is 12.4 Å². The molecule has 1 N–H and O–H groups in total. The van der Waals surface area contributed by atoms with Crippen molar-refractivity contribution >= 4 is 23.3 Å². The largest absolute Gasteiger partial charge is 0.492 e. The Bertz CT molecular complexity index is 705. The van der Waals surface area contributed by atoms with Crippen LogP contribution in [0.4, 0.5) is 10.5 Å². The lowest BCUT2D eigenvalue weighted by atomic mass is 10.1. The van der Waals surface area contributed by atoms with E-state index in [1.807, 2.05) is 35.2 Å². The van der Waals surface area contributed by atoms with Gasteiger partial charge in [-0.1, -0.05) is 35.9 Å². The molecule has 2 aromatic rings. The van der Waals surface area contributed by atoms with Crippen LogP contribution in [0.2, 0.25) is 5.02 Å². The van der Waals surface area contributed by atoms with E-state index >= 15 is 0 Å². The third-order valence-corrected chi connectivity index (χ3v) is 4.10. The summed E-state index contributed by atoms with van der Waals surface area (Å²) in [4.78, 5) is 14.2. The maximum atomic E-state index is 12.4. The van der Waals surface area contributed by atoms with Gasteiger partial charge in [-0.05, 0) is 43.2 Å². The zero-order valence-electron chi connectivity index (χ0n) is 13.0. The zero-order valence-corrected chi connectivity index (χ0v) is 13.7. The molecule has 0 aromatic heterocycles. The fraction of sp³-hybridized carbons (Fsp3) is 0.278. The van der Waals surface area contributed by atoms with Gasteiger partial charge in [-0.3, -0.25) is 4.90 Å². The lowest BCUT2D eigenvalue weighted by Gasteiger charge is -2.23. The van der Waals surface area contributed by atoms with Crippen LogP contribution in [0.3, 0.4) is 0 Å². The number of hydrogen-bond acceptors (Lipinski definition) is 2. The number of ether oxygens (including phenoxy) is 1. The van der Waals surface area contributed by atoms with Crippen LogP contribution >= 0.6 is 11.6 Å². The number of urea groups is 1. The molecule has 1 atom stereocenters. The molecule has 23 heavy (non-hydrogen) atoms. The number of halogens is 1. The van der Waals surface area contributed by atoms with Crippen molar-refractivity contribution in [1.82, 2.24) is 5.32 Å². The number of nitrogens with one attached hydrogen (secondary N) is 1. The molecule has 0 aliphatic carbocycles. The van der Waals surface area contributed by atoms with Gasteiger partial charge in [-0.25, -0.2) is 4.79 Å². The molecule has 0 spiro atoms. The minimum absolute atomic E-state index is 0.0860. The number of carbonyl (C=O) groups excluding carboxylic acids is 1. The highest BCUT2D eigenvalue weighted by Crippen LogP contribution is 2.31. The highest BCUT2D eigenvalue weighted by Gasteiger charge is 2.30. The molecule has 120 valence electrons. The Morgan fingerprint density at radius 1 is 1.30 bits per heavy atom. The van der Waals surface area contributed by atoms with Gasteiger partial charge in [-0.2, -0.15) is 0 Å². The third-order valence-electron chi connectivity index (χ3n) is 3.87. The average molecular weight is 331 g/mol. The van der Waals surface area contributed by atoms with Crippen molar-refractivity contribution in [1.29, 1.82) is 0 Å². The molecule has 0 fully saturated rings. The first-order valence-electron chi connectivity index (χ1n) is 7.68. The van der Waals surface area contributed by atoms with Crippen LogP contribution < -0.4 is 15.0 Å². The molecular formula is C18H19ClN2O2.